The van der Waals surface area contributed by atoms with Crippen molar-refractivity contribution in [1.82, 2.24) is 0 Å². The highest BCUT2D eigenvalue weighted by Crippen LogP contribution is 2.41. The number of carbonyl (C=O) groups is 5. The fourth-order valence-corrected chi connectivity index (χ4v) is 2.19. The number of hydrogen-bond donors (Lipinski definition) is 2. The molecule has 9 nitrogen and oxygen atoms in total. The first-order chi connectivity index (χ1) is 9.24. The van der Waals surface area contributed by atoms with Crippen LogP contribution in [0.4, 0.5) is 0 Å². The molecule has 0 heterocycles. The van der Waals surface area contributed by atoms with Crippen molar-refractivity contribution >= 4 is 41.8 Å². The molecule has 0 aromatic carbocycles. The standard InChI is InChI=1S/C10H10O5.H2O4S/c11-1-6-7(2-12)9(4-14)10(5-15)8(6)3-13;1-5(2,3)4/h1-10H;(H2,1,2,3,4). The lowest BCUT2D eigenvalue weighted by Gasteiger charge is -2.10. The maximum atomic E-state index is 10.7. The van der Waals surface area contributed by atoms with Gasteiger partial charge in [0, 0.05) is 29.6 Å². The predicted molar refractivity (Wildman–Crippen MR) is 61.9 cm³/mol. The third-order valence-corrected chi connectivity index (χ3v) is 3.01. The first kappa shape index (κ1) is 18.2. The van der Waals surface area contributed by atoms with Crippen LogP contribution in [0.2, 0.25) is 0 Å². The Morgan fingerprint density at radius 2 is 0.650 bits per heavy atom. The van der Waals surface area contributed by atoms with Crippen molar-refractivity contribution in [2.24, 2.45) is 29.6 Å². The third-order valence-electron chi connectivity index (χ3n) is 3.01. The Morgan fingerprint density at radius 1 is 0.550 bits per heavy atom. The molecule has 2 N–H and O–H groups in total. The van der Waals surface area contributed by atoms with Crippen LogP contribution in [0.15, 0.2) is 0 Å². The summed E-state index contributed by atoms with van der Waals surface area (Å²) in [5.74, 6) is -4.28. The second-order valence-corrected chi connectivity index (χ2v) is 4.91. The van der Waals surface area contributed by atoms with E-state index in [9.17, 15) is 24.0 Å². The molecule has 0 spiro atoms. The van der Waals surface area contributed by atoms with Crippen molar-refractivity contribution < 1.29 is 41.5 Å². The van der Waals surface area contributed by atoms with E-state index in [1.54, 1.807) is 0 Å². The van der Waals surface area contributed by atoms with E-state index in [1.807, 2.05) is 0 Å². The first-order valence-corrected chi connectivity index (χ1v) is 6.61. The molecule has 0 aliphatic heterocycles. The Bertz CT molecular complexity index is 395. The lowest BCUT2D eigenvalue weighted by Crippen LogP contribution is -2.21. The second-order valence-electron chi connectivity index (χ2n) is 4.01. The van der Waals surface area contributed by atoms with Crippen LogP contribution < -0.4 is 0 Å². The minimum absolute atomic E-state index is 0.470. The van der Waals surface area contributed by atoms with Gasteiger partial charge in [0.25, 0.3) is 0 Å². The smallest absolute Gasteiger partial charge is 0.303 e. The summed E-state index contributed by atoms with van der Waals surface area (Å²) in [6, 6.07) is 0. The van der Waals surface area contributed by atoms with E-state index in [4.69, 9.17) is 17.5 Å². The molecular weight excluding hydrogens is 296 g/mol. The van der Waals surface area contributed by atoms with Gasteiger partial charge in [0.1, 0.15) is 31.4 Å². The van der Waals surface area contributed by atoms with Gasteiger partial charge >= 0.3 is 10.4 Å². The van der Waals surface area contributed by atoms with Gasteiger partial charge in [-0.3, -0.25) is 9.11 Å². The summed E-state index contributed by atoms with van der Waals surface area (Å²) in [6.45, 7) is 0. The topological polar surface area (TPSA) is 160 Å². The van der Waals surface area contributed by atoms with Crippen LogP contribution in [0.3, 0.4) is 0 Å². The molecule has 0 aromatic rings. The molecule has 10 heteroatoms. The molecule has 0 radical (unpaired) electrons. The van der Waals surface area contributed by atoms with Crippen molar-refractivity contribution in [3.05, 3.63) is 0 Å². The maximum Gasteiger partial charge on any atom is 0.394 e. The van der Waals surface area contributed by atoms with Gasteiger partial charge in [-0.05, 0) is 0 Å². The summed E-state index contributed by atoms with van der Waals surface area (Å²) < 4.78 is 31.6. The summed E-state index contributed by atoms with van der Waals surface area (Å²) in [7, 11) is -4.67. The van der Waals surface area contributed by atoms with E-state index in [0.29, 0.717) is 31.4 Å². The molecule has 0 bridgehead atoms. The van der Waals surface area contributed by atoms with Gasteiger partial charge in [-0.2, -0.15) is 8.42 Å². The molecule has 0 atom stereocenters. The third kappa shape index (κ3) is 4.72. The number of aldehydes is 5. The van der Waals surface area contributed by atoms with E-state index < -0.39 is 40.0 Å². The van der Waals surface area contributed by atoms with E-state index >= 15 is 0 Å². The minimum atomic E-state index is -4.67. The van der Waals surface area contributed by atoms with E-state index in [1.165, 1.54) is 0 Å². The molecule has 1 saturated carbocycles. The van der Waals surface area contributed by atoms with Crippen LogP contribution in [-0.2, 0) is 34.4 Å². The Hall–Kier alpha value is -1.78. The Kier molecular flexibility index (Phi) is 7.04. The van der Waals surface area contributed by atoms with Crippen molar-refractivity contribution in [1.29, 1.82) is 0 Å². The van der Waals surface area contributed by atoms with Crippen molar-refractivity contribution in [2.45, 2.75) is 0 Å². The van der Waals surface area contributed by atoms with Gasteiger partial charge in [0.2, 0.25) is 0 Å². The maximum absolute atomic E-state index is 10.7. The first-order valence-electron chi connectivity index (χ1n) is 5.21. The van der Waals surface area contributed by atoms with Gasteiger partial charge < -0.3 is 24.0 Å². The quantitative estimate of drug-likeness (QED) is 0.451. The fraction of sp³-hybridized carbons (Fsp3) is 0.500. The molecular formula is C10H12O9S. The molecule has 1 fully saturated rings. The lowest BCUT2D eigenvalue weighted by atomic mass is 9.90. The minimum Gasteiger partial charge on any atom is -0.303 e. The van der Waals surface area contributed by atoms with E-state index in [2.05, 4.69) is 0 Å². The fourth-order valence-electron chi connectivity index (χ4n) is 2.19. The van der Waals surface area contributed by atoms with Crippen LogP contribution >= 0.6 is 0 Å². The summed E-state index contributed by atoms with van der Waals surface area (Å²) in [5.41, 5.74) is 0. The molecule has 0 unspecified atom stereocenters. The van der Waals surface area contributed by atoms with Gasteiger partial charge in [0.05, 0.1) is 0 Å². The van der Waals surface area contributed by atoms with E-state index in [-0.39, 0.29) is 0 Å². The number of hydrogen-bond acceptors (Lipinski definition) is 7. The van der Waals surface area contributed by atoms with Gasteiger partial charge in [-0.15, -0.1) is 0 Å². The Morgan fingerprint density at radius 3 is 0.700 bits per heavy atom. The molecule has 1 rings (SSSR count). The summed E-state index contributed by atoms with van der Waals surface area (Å²) in [5, 5.41) is 0. The summed E-state index contributed by atoms with van der Waals surface area (Å²) in [4.78, 5) is 53.6. The predicted octanol–water partition coefficient (Wildman–Crippen LogP) is -1.58. The van der Waals surface area contributed by atoms with Gasteiger partial charge in [0.15, 0.2) is 0 Å². The average molecular weight is 308 g/mol. The summed E-state index contributed by atoms with van der Waals surface area (Å²) in [6.07, 6.45) is 2.35. The van der Waals surface area contributed by atoms with Crippen molar-refractivity contribution in [2.75, 3.05) is 0 Å². The SMILES string of the molecule is O=CC1C(C=O)C(C=O)C(C=O)C1C=O.O=S(=O)(O)O. The van der Waals surface area contributed by atoms with E-state index in [0.717, 1.165) is 0 Å². The zero-order chi connectivity index (χ0) is 15.9. The summed E-state index contributed by atoms with van der Waals surface area (Å²) >= 11 is 0. The lowest BCUT2D eigenvalue weighted by molar-refractivity contribution is -0.124. The number of rotatable bonds is 5. The molecule has 0 saturated heterocycles. The monoisotopic (exact) mass is 308 g/mol. The largest absolute Gasteiger partial charge is 0.394 e. The van der Waals surface area contributed by atoms with Crippen molar-refractivity contribution in [3.8, 4) is 0 Å². The second kappa shape index (κ2) is 7.72. The average Bonchev–Trinajstić information content (AvgIpc) is 2.67. The molecule has 20 heavy (non-hydrogen) atoms. The van der Waals surface area contributed by atoms with Gasteiger partial charge in [-0.25, -0.2) is 0 Å². The Labute approximate surface area is 113 Å². The van der Waals surface area contributed by atoms with Crippen molar-refractivity contribution in [3.63, 3.8) is 0 Å². The van der Waals surface area contributed by atoms with Crippen LogP contribution in [0.25, 0.3) is 0 Å². The molecule has 1 aliphatic rings. The zero-order valence-electron chi connectivity index (χ0n) is 9.93. The number of carbonyl (C=O) groups excluding carboxylic acids is 5. The van der Waals surface area contributed by atoms with Crippen LogP contribution in [0, 0.1) is 29.6 Å². The highest BCUT2D eigenvalue weighted by Gasteiger charge is 2.50. The van der Waals surface area contributed by atoms with Crippen LogP contribution in [0.5, 0.6) is 0 Å². The van der Waals surface area contributed by atoms with Crippen LogP contribution in [0.1, 0.15) is 0 Å². The molecule has 0 amide bonds. The highest BCUT2D eigenvalue weighted by atomic mass is 32.3. The van der Waals surface area contributed by atoms with Gasteiger partial charge in [-0.1, -0.05) is 0 Å². The normalized spacial score (nSPS) is 32.4. The molecule has 1 aliphatic carbocycles. The van der Waals surface area contributed by atoms with Crippen LogP contribution in [-0.4, -0.2) is 49.0 Å². The zero-order valence-corrected chi connectivity index (χ0v) is 10.8. The molecule has 112 valence electrons. The molecule has 0 aromatic heterocycles. The Balaban J connectivity index is 0.000000621. The highest BCUT2D eigenvalue weighted by molar-refractivity contribution is 7.79.